The normalized spacial score (nSPS) is 21.4. The molecule has 2 amide bonds. The van der Waals surface area contributed by atoms with E-state index in [1.165, 1.54) is 0 Å². The third-order valence-corrected chi connectivity index (χ3v) is 3.18. The quantitative estimate of drug-likeness (QED) is 0.783. The minimum Gasteiger partial charge on any atom is -0.479 e. The lowest BCUT2D eigenvalue weighted by molar-refractivity contribution is -0.149. The Hall–Kier alpha value is -2.08. The van der Waals surface area contributed by atoms with Crippen molar-refractivity contribution in [1.29, 1.82) is 0 Å². The Balaban J connectivity index is 1.73. The summed E-state index contributed by atoms with van der Waals surface area (Å²) in [6, 6.07) is 7.14. The van der Waals surface area contributed by atoms with Gasteiger partial charge in [-0.05, 0) is 31.9 Å². The van der Waals surface area contributed by atoms with Crippen molar-refractivity contribution >= 4 is 17.7 Å². The van der Waals surface area contributed by atoms with Gasteiger partial charge in [-0.3, -0.25) is 0 Å². The van der Waals surface area contributed by atoms with Crippen LogP contribution in [0.2, 0.25) is 0 Å². The molecular formula is C14H18N2O4. The Bertz CT molecular complexity index is 486. The van der Waals surface area contributed by atoms with E-state index in [1.807, 2.05) is 31.2 Å². The van der Waals surface area contributed by atoms with Crippen molar-refractivity contribution in [1.82, 2.24) is 5.32 Å². The number of urea groups is 1. The highest BCUT2D eigenvalue weighted by molar-refractivity contribution is 5.89. The first kappa shape index (κ1) is 14.3. The van der Waals surface area contributed by atoms with Gasteiger partial charge < -0.3 is 20.5 Å². The highest BCUT2D eigenvalue weighted by Gasteiger charge is 2.30. The van der Waals surface area contributed by atoms with E-state index >= 15 is 0 Å². The highest BCUT2D eigenvalue weighted by Crippen LogP contribution is 2.19. The van der Waals surface area contributed by atoms with E-state index in [1.54, 1.807) is 0 Å². The van der Waals surface area contributed by atoms with E-state index in [9.17, 15) is 9.59 Å². The molecule has 0 aliphatic carbocycles. The van der Waals surface area contributed by atoms with Crippen LogP contribution in [0.3, 0.4) is 0 Å². The minimum absolute atomic E-state index is 0.236. The van der Waals surface area contributed by atoms with E-state index in [4.69, 9.17) is 9.84 Å². The van der Waals surface area contributed by atoms with Crippen molar-refractivity contribution in [3.05, 3.63) is 29.8 Å². The van der Waals surface area contributed by atoms with Crippen molar-refractivity contribution in [2.45, 2.75) is 32.0 Å². The molecule has 3 N–H and O–H groups in total. The third-order valence-electron chi connectivity index (χ3n) is 3.18. The van der Waals surface area contributed by atoms with Crippen molar-refractivity contribution < 1.29 is 19.4 Å². The molecule has 0 saturated carbocycles. The van der Waals surface area contributed by atoms with Crippen molar-refractivity contribution in [3.8, 4) is 0 Å². The second kappa shape index (κ2) is 6.38. The number of benzene rings is 1. The van der Waals surface area contributed by atoms with Gasteiger partial charge in [0.05, 0.1) is 6.10 Å². The van der Waals surface area contributed by atoms with Crippen LogP contribution in [0.15, 0.2) is 24.3 Å². The van der Waals surface area contributed by atoms with Crippen LogP contribution in [0.5, 0.6) is 0 Å². The third kappa shape index (κ3) is 3.96. The molecule has 0 radical (unpaired) electrons. The molecule has 2 atom stereocenters. The van der Waals surface area contributed by atoms with E-state index in [0.717, 1.165) is 5.56 Å². The summed E-state index contributed by atoms with van der Waals surface area (Å²) in [6.07, 6.45) is 0.144. The van der Waals surface area contributed by atoms with E-state index in [-0.39, 0.29) is 12.1 Å². The lowest BCUT2D eigenvalue weighted by Gasteiger charge is -2.13. The number of hydrogen-bond donors (Lipinski definition) is 3. The van der Waals surface area contributed by atoms with Crippen LogP contribution in [0.4, 0.5) is 10.5 Å². The van der Waals surface area contributed by atoms with Crippen molar-refractivity contribution in [3.63, 3.8) is 0 Å². The van der Waals surface area contributed by atoms with E-state index in [2.05, 4.69) is 10.6 Å². The number of hydrogen-bond acceptors (Lipinski definition) is 3. The standard InChI is InChI=1S/C14H18N2O4/c1-9-2-4-10(5-3-9)16-14(19)15-8-11-6-7-12(20-11)13(17)18/h2-5,11-12H,6-8H2,1H3,(H,17,18)(H2,15,16,19). The first-order valence-corrected chi connectivity index (χ1v) is 6.54. The fourth-order valence-corrected chi connectivity index (χ4v) is 2.06. The fraction of sp³-hybridized carbons (Fsp3) is 0.429. The van der Waals surface area contributed by atoms with E-state index < -0.39 is 12.1 Å². The second-order valence-electron chi connectivity index (χ2n) is 4.86. The molecule has 1 heterocycles. The van der Waals surface area contributed by atoms with Crippen molar-refractivity contribution in [2.75, 3.05) is 11.9 Å². The molecule has 2 rings (SSSR count). The molecule has 1 fully saturated rings. The Labute approximate surface area is 117 Å². The number of aryl methyl sites for hydroxylation is 1. The number of aliphatic carboxylic acids is 1. The number of ether oxygens (including phenoxy) is 1. The van der Waals surface area contributed by atoms with Gasteiger partial charge >= 0.3 is 12.0 Å². The molecule has 0 aromatic heterocycles. The zero-order valence-electron chi connectivity index (χ0n) is 11.3. The maximum Gasteiger partial charge on any atom is 0.332 e. The van der Waals surface area contributed by atoms with Crippen LogP contribution in [0, 0.1) is 6.92 Å². The number of nitrogens with one attached hydrogen (secondary N) is 2. The summed E-state index contributed by atoms with van der Waals surface area (Å²) in [7, 11) is 0. The number of carboxylic acid groups (broad SMARTS) is 1. The van der Waals surface area contributed by atoms with Gasteiger partial charge in [-0.15, -0.1) is 0 Å². The average Bonchev–Trinajstić information content (AvgIpc) is 2.88. The molecule has 2 unspecified atom stereocenters. The predicted octanol–water partition coefficient (Wildman–Crippen LogP) is 1.75. The van der Waals surface area contributed by atoms with Gasteiger partial charge in [0.2, 0.25) is 0 Å². The lowest BCUT2D eigenvalue weighted by Crippen LogP contribution is -2.35. The van der Waals surface area contributed by atoms with Crippen LogP contribution < -0.4 is 10.6 Å². The first-order valence-electron chi connectivity index (χ1n) is 6.54. The van der Waals surface area contributed by atoms with Gasteiger partial charge in [0.1, 0.15) is 0 Å². The summed E-state index contributed by atoms with van der Waals surface area (Å²) < 4.78 is 5.30. The number of carboxylic acids is 1. The number of amides is 2. The van der Waals surface area contributed by atoms with Crippen molar-refractivity contribution in [2.24, 2.45) is 0 Å². The van der Waals surface area contributed by atoms with Gasteiger partial charge in [0.15, 0.2) is 6.10 Å². The van der Waals surface area contributed by atoms with Crippen LogP contribution in [0.1, 0.15) is 18.4 Å². The van der Waals surface area contributed by atoms with Crippen LogP contribution >= 0.6 is 0 Å². The molecular weight excluding hydrogens is 260 g/mol. The summed E-state index contributed by atoms with van der Waals surface area (Å²) in [5.74, 6) is -0.948. The first-order chi connectivity index (χ1) is 9.54. The zero-order valence-corrected chi connectivity index (χ0v) is 11.3. The van der Waals surface area contributed by atoms with Crippen LogP contribution in [-0.2, 0) is 9.53 Å². The summed E-state index contributed by atoms with van der Waals surface area (Å²) in [5.41, 5.74) is 1.83. The summed E-state index contributed by atoms with van der Waals surface area (Å²) in [4.78, 5) is 22.4. The fourth-order valence-electron chi connectivity index (χ4n) is 2.06. The highest BCUT2D eigenvalue weighted by atomic mass is 16.5. The van der Waals surface area contributed by atoms with Gasteiger partial charge in [-0.2, -0.15) is 0 Å². The predicted molar refractivity (Wildman–Crippen MR) is 73.7 cm³/mol. The molecule has 108 valence electrons. The minimum atomic E-state index is -0.948. The maximum absolute atomic E-state index is 11.7. The monoisotopic (exact) mass is 278 g/mol. The molecule has 0 bridgehead atoms. The molecule has 6 nitrogen and oxygen atoms in total. The summed E-state index contributed by atoms with van der Waals surface area (Å²) >= 11 is 0. The summed E-state index contributed by atoms with van der Waals surface area (Å²) in [5, 5.41) is 14.2. The molecule has 1 aromatic carbocycles. The second-order valence-corrected chi connectivity index (χ2v) is 4.86. The summed E-state index contributed by atoms with van der Waals surface area (Å²) in [6.45, 7) is 2.28. The smallest absolute Gasteiger partial charge is 0.332 e. The SMILES string of the molecule is Cc1ccc(NC(=O)NCC2CCC(C(=O)O)O2)cc1. The Morgan fingerprint density at radius 3 is 2.60 bits per heavy atom. The molecule has 0 spiro atoms. The van der Waals surface area contributed by atoms with E-state index in [0.29, 0.717) is 25.1 Å². The van der Waals surface area contributed by atoms with Gasteiger partial charge in [-0.25, -0.2) is 9.59 Å². The molecule has 6 heteroatoms. The molecule has 1 aliphatic rings. The van der Waals surface area contributed by atoms with Gasteiger partial charge in [0.25, 0.3) is 0 Å². The number of anilines is 1. The van der Waals surface area contributed by atoms with Crippen LogP contribution in [0.25, 0.3) is 0 Å². The van der Waals surface area contributed by atoms with Gasteiger partial charge in [-0.1, -0.05) is 17.7 Å². The molecule has 1 aromatic rings. The maximum atomic E-state index is 11.7. The Morgan fingerprint density at radius 2 is 2.00 bits per heavy atom. The lowest BCUT2D eigenvalue weighted by atomic mass is 10.2. The van der Waals surface area contributed by atoms with Gasteiger partial charge in [0, 0.05) is 12.2 Å². The number of rotatable bonds is 4. The zero-order chi connectivity index (χ0) is 14.5. The molecule has 1 saturated heterocycles. The number of carbonyl (C=O) groups is 2. The Kier molecular flexibility index (Phi) is 4.57. The number of carbonyl (C=O) groups excluding carboxylic acids is 1. The molecule has 20 heavy (non-hydrogen) atoms. The Morgan fingerprint density at radius 1 is 1.30 bits per heavy atom. The molecule has 1 aliphatic heterocycles. The topological polar surface area (TPSA) is 87.7 Å². The van der Waals surface area contributed by atoms with Crippen LogP contribution in [-0.4, -0.2) is 35.9 Å². The average molecular weight is 278 g/mol. The largest absolute Gasteiger partial charge is 0.479 e.